The predicted octanol–water partition coefficient (Wildman–Crippen LogP) is 3.35. The third-order valence-electron chi connectivity index (χ3n) is 2.73. The maximum Gasteiger partial charge on any atom is 0.124 e. The maximum absolute atomic E-state index is 13.0. The number of nitrogens with two attached hydrogens (primary N) is 1. The lowest BCUT2D eigenvalue weighted by Crippen LogP contribution is -2.04. The Morgan fingerprint density at radius 3 is 2.56 bits per heavy atom. The Bertz CT molecular complexity index is 572. The number of benzene rings is 2. The van der Waals surface area contributed by atoms with Gasteiger partial charge in [-0.1, -0.05) is 17.7 Å². The van der Waals surface area contributed by atoms with E-state index in [-0.39, 0.29) is 11.6 Å². The molecule has 0 aliphatic carbocycles. The molecular weight excluding hydrogens is 253 g/mol. The first-order valence-corrected chi connectivity index (χ1v) is 5.97. The minimum atomic E-state index is -0.385. The minimum absolute atomic E-state index is 0.145. The number of hydrogen-bond acceptors (Lipinski definition) is 2. The van der Waals surface area contributed by atoms with Gasteiger partial charge in [-0.15, -0.1) is 0 Å². The zero-order chi connectivity index (χ0) is 13.1. The van der Waals surface area contributed by atoms with Crippen molar-refractivity contribution < 1.29 is 9.50 Å². The van der Waals surface area contributed by atoms with Crippen LogP contribution in [0.3, 0.4) is 0 Å². The number of phenols is 1. The van der Waals surface area contributed by atoms with Crippen molar-refractivity contribution in [2.45, 2.75) is 6.42 Å². The topological polar surface area (TPSA) is 46.2 Å². The molecule has 0 bridgehead atoms. The van der Waals surface area contributed by atoms with E-state index in [0.29, 0.717) is 23.6 Å². The summed E-state index contributed by atoms with van der Waals surface area (Å²) in [6.45, 7) is 0.497. The Hall–Kier alpha value is -1.58. The number of hydrogen-bond donors (Lipinski definition) is 2. The van der Waals surface area contributed by atoms with E-state index in [9.17, 15) is 9.50 Å². The molecule has 0 amide bonds. The van der Waals surface area contributed by atoms with Crippen molar-refractivity contribution in [1.29, 1.82) is 0 Å². The van der Waals surface area contributed by atoms with Crippen molar-refractivity contribution in [2.24, 2.45) is 5.73 Å². The zero-order valence-electron chi connectivity index (χ0n) is 9.66. The number of rotatable bonds is 3. The van der Waals surface area contributed by atoms with E-state index in [1.807, 2.05) is 0 Å². The normalized spacial score (nSPS) is 10.6. The van der Waals surface area contributed by atoms with Crippen LogP contribution in [0.5, 0.6) is 5.75 Å². The fraction of sp³-hybridized carbons (Fsp3) is 0.143. The molecule has 0 saturated carbocycles. The van der Waals surface area contributed by atoms with E-state index in [1.54, 1.807) is 24.3 Å². The smallest absolute Gasteiger partial charge is 0.124 e. The summed E-state index contributed by atoms with van der Waals surface area (Å²) in [6, 6.07) is 9.23. The average Bonchev–Trinajstić information content (AvgIpc) is 2.32. The fourth-order valence-corrected chi connectivity index (χ4v) is 2.17. The van der Waals surface area contributed by atoms with Crippen molar-refractivity contribution in [1.82, 2.24) is 0 Å². The Labute approximate surface area is 110 Å². The molecule has 0 heterocycles. The summed E-state index contributed by atoms with van der Waals surface area (Å²) in [4.78, 5) is 0. The maximum atomic E-state index is 13.0. The van der Waals surface area contributed by atoms with Gasteiger partial charge in [0.05, 0.1) is 5.02 Å². The van der Waals surface area contributed by atoms with Crippen LogP contribution in [0.1, 0.15) is 5.56 Å². The Morgan fingerprint density at radius 2 is 1.89 bits per heavy atom. The van der Waals surface area contributed by atoms with E-state index in [1.165, 1.54) is 12.1 Å². The van der Waals surface area contributed by atoms with Gasteiger partial charge in [-0.05, 0) is 54.4 Å². The van der Waals surface area contributed by atoms with Crippen LogP contribution in [0.4, 0.5) is 4.39 Å². The second kappa shape index (κ2) is 5.38. The fourth-order valence-electron chi connectivity index (χ4n) is 1.90. The first-order chi connectivity index (χ1) is 8.61. The molecule has 0 saturated heterocycles. The standard InChI is InChI=1S/C14H13ClFNO/c15-14-7-10(16)2-4-12(14)13-8-11(18)3-1-9(13)5-6-17/h1-4,7-8,18H,5-6,17H2. The average molecular weight is 266 g/mol. The molecule has 2 nitrogen and oxygen atoms in total. The highest BCUT2D eigenvalue weighted by Crippen LogP contribution is 2.33. The molecule has 0 aliphatic rings. The summed E-state index contributed by atoms with van der Waals surface area (Å²) >= 11 is 6.04. The second-order valence-electron chi connectivity index (χ2n) is 4.00. The highest BCUT2D eigenvalue weighted by atomic mass is 35.5. The summed E-state index contributed by atoms with van der Waals surface area (Å²) < 4.78 is 13.0. The Kier molecular flexibility index (Phi) is 3.84. The van der Waals surface area contributed by atoms with Gasteiger partial charge < -0.3 is 10.8 Å². The van der Waals surface area contributed by atoms with E-state index in [4.69, 9.17) is 17.3 Å². The number of phenolic OH excluding ortho intramolecular Hbond substituents is 1. The molecule has 0 radical (unpaired) electrons. The van der Waals surface area contributed by atoms with Crippen LogP contribution in [0.25, 0.3) is 11.1 Å². The molecule has 0 aromatic heterocycles. The van der Waals surface area contributed by atoms with Gasteiger partial charge in [0.15, 0.2) is 0 Å². The first-order valence-electron chi connectivity index (χ1n) is 5.59. The SMILES string of the molecule is NCCc1ccc(O)cc1-c1ccc(F)cc1Cl. The highest BCUT2D eigenvalue weighted by Gasteiger charge is 2.10. The molecular formula is C14H13ClFNO. The van der Waals surface area contributed by atoms with Gasteiger partial charge in [-0.3, -0.25) is 0 Å². The molecule has 0 unspecified atom stereocenters. The summed E-state index contributed by atoms with van der Waals surface area (Å²) in [5.74, 6) is -0.240. The summed E-state index contributed by atoms with van der Waals surface area (Å²) in [5.41, 5.74) is 8.00. The van der Waals surface area contributed by atoms with E-state index in [2.05, 4.69) is 0 Å². The molecule has 2 aromatic rings. The molecule has 94 valence electrons. The molecule has 0 fully saturated rings. The predicted molar refractivity (Wildman–Crippen MR) is 71.3 cm³/mol. The molecule has 0 spiro atoms. The van der Waals surface area contributed by atoms with Gasteiger partial charge in [0, 0.05) is 5.56 Å². The van der Waals surface area contributed by atoms with Crippen LogP contribution in [0.2, 0.25) is 5.02 Å². The summed E-state index contributed by atoms with van der Waals surface area (Å²) in [6.07, 6.45) is 0.670. The molecule has 0 aliphatic heterocycles. The van der Waals surface area contributed by atoms with Crippen LogP contribution in [-0.4, -0.2) is 11.7 Å². The largest absolute Gasteiger partial charge is 0.508 e. The van der Waals surface area contributed by atoms with Gasteiger partial charge in [0.1, 0.15) is 11.6 Å². The van der Waals surface area contributed by atoms with E-state index in [0.717, 1.165) is 11.1 Å². The van der Waals surface area contributed by atoms with E-state index >= 15 is 0 Å². The molecule has 3 N–H and O–H groups in total. The monoisotopic (exact) mass is 265 g/mol. The van der Waals surface area contributed by atoms with Crippen LogP contribution >= 0.6 is 11.6 Å². The van der Waals surface area contributed by atoms with Crippen molar-refractivity contribution in [3.63, 3.8) is 0 Å². The van der Waals surface area contributed by atoms with Crippen LogP contribution in [0.15, 0.2) is 36.4 Å². The van der Waals surface area contributed by atoms with Gasteiger partial charge in [-0.25, -0.2) is 4.39 Å². The zero-order valence-corrected chi connectivity index (χ0v) is 10.4. The minimum Gasteiger partial charge on any atom is -0.508 e. The lowest BCUT2D eigenvalue weighted by atomic mass is 9.97. The van der Waals surface area contributed by atoms with Crippen LogP contribution < -0.4 is 5.73 Å². The van der Waals surface area contributed by atoms with Crippen LogP contribution in [-0.2, 0) is 6.42 Å². The molecule has 0 atom stereocenters. The Balaban J connectivity index is 2.57. The summed E-state index contributed by atoms with van der Waals surface area (Å²) in [5, 5.41) is 9.88. The lowest BCUT2D eigenvalue weighted by molar-refractivity contribution is 0.475. The first kappa shape index (κ1) is 12.9. The second-order valence-corrected chi connectivity index (χ2v) is 4.41. The van der Waals surface area contributed by atoms with E-state index < -0.39 is 0 Å². The van der Waals surface area contributed by atoms with Crippen molar-refractivity contribution in [2.75, 3.05) is 6.54 Å². The third-order valence-corrected chi connectivity index (χ3v) is 3.04. The molecule has 4 heteroatoms. The van der Waals surface area contributed by atoms with Gasteiger partial charge in [0.2, 0.25) is 0 Å². The third kappa shape index (κ3) is 2.63. The number of aromatic hydroxyl groups is 1. The molecule has 2 rings (SSSR count). The number of halogens is 2. The molecule has 18 heavy (non-hydrogen) atoms. The van der Waals surface area contributed by atoms with Gasteiger partial charge in [-0.2, -0.15) is 0 Å². The quantitative estimate of drug-likeness (QED) is 0.894. The van der Waals surface area contributed by atoms with Crippen molar-refractivity contribution in [3.05, 3.63) is 52.8 Å². The Morgan fingerprint density at radius 1 is 1.11 bits per heavy atom. The van der Waals surface area contributed by atoms with Gasteiger partial charge in [0.25, 0.3) is 0 Å². The van der Waals surface area contributed by atoms with Crippen molar-refractivity contribution in [3.8, 4) is 16.9 Å². The van der Waals surface area contributed by atoms with Crippen molar-refractivity contribution >= 4 is 11.6 Å². The molecule has 2 aromatic carbocycles. The van der Waals surface area contributed by atoms with Crippen LogP contribution in [0, 0.1) is 5.82 Å². The lowest BCUT2D eigenvalue weighted by Gasteiger charge is -2.11. The highest BCUT2D eigenvalue weighted by molar-refractivity contribution is 6.33. The van der Waals surface area contributed by atoms with Gasteiger partial charge >= 0.3 is 0 Å². The summed E-state index contributed by atoms with van der Waals surface area (Å²) in [7, 11) is 0.